The monoisotopic (exact) mass is 297 g/mol. The lowest BCUT2D eigenvalue weighted by Gasteiger charge is -2.25. The highest BCUT2D eigenvalue weighted by Gasteiger charge is 2.41. The number of para-hydroxylation sites is 1. The van der Waals surface area contributed by atoms with Crippen LogP contribution in [0.3, 0.4) is 0 Å². The highest BCUT2D eigenvalue weighted by Crippen LogP contribution is 2.37. The quantitative estimate of drug-likeness (QED) is 0.773. The van der Waals surface area contributed by atoms with Crippen LogP contribution < -0.4 is 0 Å². The summed E-state index contributed by atoms with van der Waals surface area (Å²) in [5.41, 5.74) is 1.14. The van der Waals surface area contributed by atoms with Gasteiger partial charge in [0, 0.05) is 11.1 Å². The number of hydrogen-bond donors (Lipinski definition) is 1. The predicted octanol–water partition coefficient (Wildman–Crippen LogP) is 1.82. The van der Waals surface area contributed by atoms with Crippen LogP contribution in [0.4, 0.5) is 5.95 Å². The molecular weight excluding hydrogens is 286 g/mol. The van der Waals surface area contributed by atoms with Crippen molar-refractivity contribution in [3.8, 4) is 0 Å². The van der Waals surface area contributed by atoms with E-state index in [1.54, 1.807) is 6.92 Å². The third kappa shape index (κ3) is 1.73. The number of fused-ring (bicyclic) bond motifs is 2. The van der Waals surface area contributed by atoms with Crippen LogP contribution in [-0.2, 0) is 4.79 Å². The van der Waals surface area contributed by atoms with E-state index < -0.39 is 17.9 Å². The molecule has 1 aliphatic rings. The first-order valence-electron chi connectivity index (χ1n) is 6.69. The highest BCUT2D eigenvalue weighted by atomic mass is 16.4. The van der Waals surface area contributed by atoms with E-state index in [1.807, 2.05) is 30.3 Å². The van der Waals surface area contributed by atoms with Gasteiger partial charge in [-0.25, -0.2) is 4.99 Å². The largest absolute Gasteiger partial charge is 0.481 e. The molecular formula is C14H11N5O3. The van der Waals surface area contributed by atoms with Crippen molar-refractivity contribution >= 4 is 28.6 Å². The van der Waals surface area contributed by atoms with E-state index in [0.717, 1.165) is 5.39 Å². The fourth-order valence-electron chi connectivity index (χ4n) is 2.79. The summed E-state index contributed by atoms with van der Waals surface area (Å²) in [4.78, 5) is 15.9. The fourth-order valence-corrected chi connectivity index (χ4v) is 2.79. The van der Waals surface area contributed by atoms with Gasteiger partial charge in [0.2, 0.25) is 0 Å². The number of aliphatic carboxylic acids is 1. The van der Waals surface area contributed by atoms with Crippen molar-refractivity contribution in [2.45, 2.75) is 13.0 Å². The molecule has 3 heterocycles. The third-order valence-corrected chi connectivity index (χ3v) is 3.78. The molecule has 2 aromatic heterocycles. The summed E-state index contributed by atoms with van der Waals surface area (Å²) in [6, 6.07) is 8.65. The van der Waals surface area contributed by atoms with Crippen molar-refractivity contribution in [1.82, 2.24) is 20.2 Å². The first-order valence-corrected chi connectivity index (χ1v) is 6.69. The minimum atomic E-state index is -0.993. The van der Waals surface area contributed by atoms with Crippen LogP contribution in [-0.4, -0.2) is 37.0 Å². The maximum absolute atomic E-state index is 11.7. The van der Waals surface area contributed by atoms with Gasteiger partial charge in [0.05, 0.1) is 0 Å². The number of benzene rings is 1. The van der Waals surface area contributed by atoms with Gasteiger partial charge in [-0.2, -0.15) is 4.68 Å². The molecule has 8 heteroatoms. The van der Waals surface area contributed by atoms with Gasteiger partial charge in [-0.3, -0.25) is 4.79 Å². The van der Waals surface area contributed by atoms with Crippen molar-refractivity contribution in [1.29, 1.82) is 0 Å². The molecule has 8 nitrogen and oxygen atoms in total. The summed E-state index contributed by atoms with van der Waals surface area (Å²) in [5.74, 6) is -1.10. The maximum Gasteiger partial charge on any atom is 0.314 e. The Morgan fingerprint density at radius 3 is 2.95 bits per heavy atom. The molecule has 0 bridgehead atoms. The van der Waals surface area contributed by atoms with E-state index in [4.69, 9.17) is 4.42 Å². The second kappa shape index (κ2) is 4.48. The minimum Gasteiger partial charge on any atom is -0.481 e. The van der Waals surface area contributed by atoms with Crippen molar-refractivity contribution in [2.75, 3.05) is 0 Å². The lowest BCUT2D eigenvalue weighted by molar-refractivity contribution is -0.140. The molecule has 110 valence electrons. The predicted molar refractivity (Wildman–Crippen MR) is 76.1 cm³/mol. The Hall–Kier alpha value is -3.03. The van der Waals surface area contributed by atoms with Crippen molar-refractivity contribution in [3.63, 3.8) is 0 Å². The van der Waals surface area contributed by atoms with Gasteiger partial charge in [0.15, 0.2) is 0 Å². The number of aromatic nitrogens is 4. The molecule has 0 amide bonds. The van der Waals surface area contributed by atoms with Crippen LogP contribution in [0.1, 0.15) is 18.7 Å². The molecule has 0 spiro atoms. The average molecular weight is 297 g/mol. The Balaban J connectivity index is 1.93. The summed E-state index contributed by atoms with van der Waals surface area (Å²) in [7, 11) is 0. The number of tetrazole rings is 1. The van der Waals surface area contributed by atoms with Gasteiger partial charge >= 0.3 is 5.97 Å². The van der Waals surface area contributed by atoms with Gasteiger partial charge in [-0.1, -0.05) is 23.3 Å². The number of aliphatic imine (C=N–C) groups is 1. The summed E-state index contributed by atoms with van der Waals surface area (Å²) in [6.45, 7) is 1.66. The van der Waals surface area contributed by atoms with Crippen molar-refractivity contribution < 1.29 is 14.3 Å². The zero-order valence-electron chi connectivity index (χ0n) is 11.5. The number of carbonyl (C=O) groups is 1. The number of hydrogen-bond acceptors (Lipinski definition) is 6. The molecule has 2 atom stereocenters. The fraction of sp³-hybridized carbons (Fsp3) is 0.214. The number of nitrogens with zero attached hydrogens (tertiary/aromatic N) is 5. The van der Waals surface area contributed by atoms with Gasteiger partial charge in [-0.05, 0) is 29.5 Å². The number of furan rings is 1. The maximum atomic E-state index is 11.7. The van der Waals surface area contributed by atoms with Gasteiger partial charge in [0.1, 0.15) is 23.3 Å². The van der Waals surface area contributed by atoms with Crippen LogP contribution in [0.15, 0.2) is 39.7 Å². The Bertz CT molecular complexity index is 877. The molecule has 1 aromatic carbocycles. The van der Waals surface area contributed by atoms with Crippen LogP contribution in [0, 0.1) is 5.92 Å². The van der Waals surface area contributed by atoms with E-state index >= 15 is 0 Å². The average Bonchev–Trinajstić information content (AvgIpc) is 3.10. The smallest absolute Gasteiger partial charge is 0.314 e. The molecule has 0 aliphatic carbocycles. The van der Waals surface area contributed by atoms with E-state index in [0.29, 0.717) is 17.1 Å². The van der Waals surface area contributed by atoms with Crippen LogP contribution >= 0.6 is 0 Å². The van der Waals surface area contributed by atoms with E-state index in [-0.39, 0.29) is 5.95 Å². The summed E-state index contributed by atoms with van der Waals surface area (Å²) >= 11 is 0. The zero-order chi connectivity index (χ0) is 15.3. The van der Waals surface area contributed by atoms with Crippen molar-refractivity contribution in [3.05, 3.63) is 36.1 Å². The lowest BCUT2D eigenvalue weighted by Crippen LogP contribution is -2.35. The molecule has 0 fully saturated rings. The normalized spacial score (nSPS) is 20.7. The second-order valence-corrected chi connectivity index (χ2v) is 5.12. The molecule has 3 aromatic rings. The number of carboxylic acid groups (broad SMARTS) is 1. The Morgan fingerprint density at radius 1 is 1.36 bits per heavy atom. The lowest BCUT2D eigenvalue weighted by atomic mass is 9.92. The Morgan fingerprint density at radius 2 is 2.18 bits per heavy atom. The standard InChI is InChI=1S/C14H11N5O3/c1-7-11(13(20)21)12(19-14(15-7)16-17-18-19)10-6-8-4-2-3-5-9(8)22-10/h2-6,11-12H,1H3,(H,20,21). The van der Waals surface area contributed by atoms with Crippen molar-refractivity contribution in [2.24, 2.45) is 10.9 Å². The Kier molecular flexibility index (Phi) is 2.59. The summed E-state index contributed by atoms with van der Waals surface area (Å²) in [6.07, 6.45) is 0. The molecule has 2 unspecified atom stereocenters. The SMILES string of the molecule is CC1=Nc2nnnn2C(c2cc3ccccc3o2)C1C(=O)O. The molecule has 22 heavy (non-hydrogen) atoms. The summed E-state index contributed by atoms with van der Waals surface area (Å²) < 4.78 is 7.22. The van der Waals surface area contributed by atoms with Crippen LogP contribution in [0.5, 0.6) is 0 Å². The molecule has 1 aliphatic heterocycles. The zero-order valence-corrected chi connectivity index (χ0v) is 11.5. The van der Waals surface area contributed by atoms with Gasteiger partial charge < -0.3 is 9.52 Å². The van der Waals surface area contributed by atoms with E-state index in [1.165, 1.54) is 4.68 Å². The van der Waals surface area contributed by atoms with E-state index in [9.17, 15) is 9.90 Å². The topological polar surface area (TPSA) is 106 Å². The first kappa shape index (κ1) is 12.7. The van der Waals surface area contributed by atoms with Crippen LogP contribution in [0.2, 0.25) is 0 Å². The van der Waals surface area contributed by atoms with Gasteiger partial charge in [0.25, 0.3) is 5.95 Å². The molecule has 4 rings (SSSR count). The molecule has 0 saturated heterocycles. The van der Waals surface area contributed by atoms with Crippen LogP contribution in [0.25, 0.3) is 11.0 Å². The molecule has 0 saturated carbocycles. The van der Waals surface area contributed by atoms with E-state index in [2.05, 4.69) is 20.5 Å². The number of carboxylic acids is 1. The first-order chi connectivity index (χ1) is 10.6. The molecule has 1 N–H and O–H groups in total. The van der Waals surface area contributed by atoms with Gasteiger partial charge in [-0.15, -0.1) is 0 Å². The number of rotatable bonds is 2. The highest BCUT2D eigenvalue weighted by molar-refractivity contribution is 6.02. The second-order valence-electron chi connectivity index (χ2n) is 5.12. The Labute approximate surface area is 124 Å². The molecule has 0 radical (unpaired) electrons. The minimum absolute atomic E-state index is 0.278. The third-order valence-electron chi connectivity index (χ3n) is 3.78. The summed E-state index contributed by atoms with van der Waals surface area (Å²) in [5, 5.41) is 21.7.